The van der Waals surface area contributed by atoms with E-state index >= 15 is 0 Å². The molecule has 0 saturated carbocycles. The minimum Gasteiger partial charge on any atom is -0.479 e. The molecule has 4 nitrogen and oxygen atoms in total. The van der Waals surface area contributed by atoms with Crippen LogP contribution in [0.15, 0.2) is 23.1 Å². The van der Waals surface area contributed by atoms with Gasteiger partial charge in [0.05, 0.1) is 0 Å². The molecule has 1 rings (SSSR count). The van der Waals surface area contributed by atoms with E-state index in [1.807, 2.05) is 19.1 Å². The maximum atomic E-state index is 10.7. The average Bonchev–Trinajstić information content (AvgIpc) is 2.19. The van der Waals surface area contributed by atoms with Crippen molar-refractivity contribution in [3.63, 3.8) is 0 Å². The van der Waals surface area contributed by atoms with Gasteiger partial charge in [0.2, 0.25) is 0 Å². The number of hydrogen-bond acceptors (Lipinski definition) is 4. The highest BCUT2D eigenvalue weighted by Crippen LogP contribution is 2.28. The molecule has 5 heteroatoms. The second kappa shape index (κ2) is 4.76. The fraction of sp³-hybridized carbons (Fsp3) is 0.364. The number of carboxylic acid groups (broad SMARTS) is 1. The number of nitrogens with two attached hydrogens (primary N) is 1. The molecular formula is C11H15NO3S. The Morgan fingerprint density at radius 2 is 2.19 bits per heavy atom. The first-order valence-corrected chi connectivity index (χ1v) is 5.76. The summed E-state index contributed by atoms with van der Waals surface area (Å²) in [6.45, 7) is 3.20. The third-order valence-electron chi connectivity index (χ3n) is 2.14. The molecule has 0 amide bonds. The zero-order chi connectivity index (χ0) is 12.3. The maximum Gasteiger partial charge on any atom is 0.336 e. The van der Waals surface area contributed by atoms with Gasteiger partial charge in [-0.1, -0.05) is 6.07 Å². The van der Waals surface area contributed by atoms with Crippen LogP contribution < -0.4 is 5.73 Å². The van der Waals surface area contributed by atoms with E-state index in [1.165, 1.54) is 18.7 Å². The first kappa shape index (κ1) is 12.9. The number of hydrogen-bond donors (Lipinski definition) is 3. The summed E-state index contributed by atoms with van der Waals surface area (Å²) in [7, 11) is 0. The highest BCUT2D eigenvalue weighted by atomic mass is 32.2. The van der Waals surface area contributed by atoms with Crippen molar-refractivity contribution >= 4 is 23.4 Å². The maximum absolute atomic E-state index is 10.7. The van der Waals surface area contributed by atoms with Crippen LogP contribution in [-0.2, 0) is 4.79 Å². The predicted octanol–water partition coefficient (Wildman–Crippen LogP) is 1.50. The van der Waals surface area contributed by atoms with E-state index in [0.29, 0.717) is 5.69 Å². The van der Waals surface area contributed by atoms with E-state index in [1.54, 1.807) is 6.07 Å². The summed E-state index contributed by atoms with van der Waals surface area (Å²) in [5.41, 5.74) is 5.65. The van der Waals surface area contributed by atoms with Crippen LogP contribution in [0.2, 0.25) is 0 Å². The molecule has 4 N–H and O–H groups in total. The van der Waals surface area contributed by atoms with Gasteiger partial charge in [-0.25, -0.2) is 4.79 Å². The second-order valence-corrected chi connectivity index (χ2v) is 4.93. The Balaban J connectivity index is 2.75. The SMILES string of the molecule is Cc1ccc(N)c(SCC(C)(O)C(=O)O)c1. The van der Waals surface area contributed by atoms with Gasteiger partial charge in [-0.05, 0) is 31.5 Å². The fourth-order valence-corrected chi connectivity index (χ4v) is 2.11. The van der Waals surface area contributed by atoms with E-state index in [2.05, 4.69) is 0 Å². The summed E-state index contributed by atoms with van der Waals surface area (Å²) >= 11 is 1.24. The van der Waals surface area contributed by atoms with Gasteiger partial charge in [-0.15, -0.1) is 11.8 Å². The van der Waals surface area contributed by atoms with Crippen molar-refractivity contribution in [3.8, 4) is 0 Å². The van der Waals surface area contributed by atoms with Crippen LogP contribution in [-0.4, -0.2) is 27.5 Å². The van der Waals surface area contributed by atoms with Crippen molar-refractivity contribution in [2.45, 2.75) is 24.3 Å². The summed E-state index contributed by atoms with van der Waals surface area (Å²) in [5.74, 6) is -1.16. The number of carbonyl (C=O) groups is 1. The number of nitrogen functional groups attached to an aromatic ring is 1. The predicted molar refractivity (Wildman–Crippen MR) is 64.6 cm³/mol. The van der Waals surface area contributed by atoms with Crippen molar-refractivity contribution in [1.82, 2.24) is 0 Å². The third kappa shape index (κ3) is 3.15. The first-order chi connectivity index (χ1) is 7.33. The normalized spacial score (nSPS) is 14.4. The molecular weight excluding hydrogens is 226 g/mol. The van der Waals surface area contributed by atoms with Crippen molar-refractivity contribution < 1.29 is 15.0 Å². The van der Waals surface area contributed by atoms with Gasteiger partial charge in [-0.2, -0.15) is 0 Å². The molecule has 0 saturated heterocycles. The van der Waals surface area contributed by atoms with Crippen LogP contribution in [0.4, 0.5) is 5.69 Å². The van der Waals surface area contributed by atoms with Gasteiger partial charge in [0.15, 0.2) is 5.60 Å². The molecule has 1 aromatic carbocycles. The van der Waals surface area contributed by atoms with Gasteiger partial charge in [-0.3, -0.25) is 0 Å². The number of benzene rings is 1. The van der Waals surface area contributed by atoms with Crippen LogP contribution >= 0.6 is 11.8 Å². The molecule has 1 atom stereocenters. The summed E-state index contributed by atoms with van der Waals surface area (Å²) in [6.07, 6.45) is 0. The second-order valence-electron chi connectivity index (χ2n) is 3.91. The van der Waals surface area contributed by atoms with Crippen molar-refractivity contribution in [2.24, 2.45) is 0 Å². The lowest BCUT2D eigenvalue weighted by Crippen LogP contribution is -2.37. The molecule has 0 fully saturated rings. The van der Waals surface area contributed by atoms with Crippen LogP contribution in [0.25, 0.3) is 0 Å². The summed E-state index contributed by atoms with van der Waals surface area (Å²) in [6, 6.07) is 5.53. The van der Waals surface area contributed by atoms with Crippen LogP contribution in [0.1, 0.15) is 12.5 Å². The highest BCUT2D eigenvalue weighted by Gasteiger charge is 2.30. The minimum atomic E-state index is -1.74. The molecule has 0 spiro atoms. The molecule has 0 radical (unpaired) electrons. The lowest BCUT2D eigenvalue weighted by Gasteiger charge is -2.17. The van der Waals surface area contributed by atoms with Gasteiger partial charge in [0, 0.05) is 16.3 Å². The molecule has 88 valence electrons. The zero-order valence-corrected chi connectivity index (χ0v) is 10.0. The van der Waals surface area contributed by atoms with E-state index in [-0.39, 0.29) is 5.75 Å². The highest BCUT2D eigenvalue weighted by molar-refractivity contribution is 7.99. The number of anilines is 1. The fourth-order valence-electron chi connectivity index (χ4n) is 1.05. The quantitative estimate of drug-likeness (QED) is 0.549. The number of aliphatic hydroxyl groups is 1. The summed E-state index contributed by atoms with van der Waals surface area (Å²) in [5, 5.41) is 18.3. The Morgan fingerprint density at radius 1 is 1.56 bits per heavy atom. The minimum absolute atomic E-state index is 0.0655. The van der Waals surface area contributed by atoms with Gasteiger partial charge >= 0.3 is 5.97 Å². The Morgan fingerprint density at radius 3 is 2.75 bits per heavy atom. The topological polar surface area (TPSA) is 83.5 Å². The number of carboxylic acids is 1. The van der Waals surface area contributed by atoms with Gasteiger partial charge in [0.1, 0.15) is 0 Å². The molecule has 1 unspecified atom stereocenters. The lowest BCUT2D eigenvalue weighted by molar-refractivity contribution is -0.154. The first-order valence-electron chi connectivity index (χ1n) is 4.77. The van der Waals surface area contributed by atoms with Crippen molar-refractivity contribution in [1.29, 1.82) is 0 Å². The standard InChI is InChI=1S/C11H15NO3S/c1-7-3-4-8(12)9(5-7)16-6-11(2,15)10(13)14/h3-5,15H,6,12H2,1-2H3,(H,13,14). The number of rotatable bonds is 4. The Hall–Kier alpha value is -1.20. The Labute approximate surface area is 98.5 Å². The average molecular weight is 241 g/mol. The smallest absolute Gasteiger partial charge is 0.336 e. The molecule has 0 aliphatic rings. The Bertz CT molecular complexity index is 404. The van der Waals surface area contributed by atoms with Crippen LogP contribution in [0, 0.1) is 6.92 Å². The van der Waals surface area contributed by atoms with Crippen LogP contribution in [0.3, 0.4) is 0 Å². The summed E-state index contributed by atoms with van der Waals surface area (Å²) in [4.78, 5) is 11.5. The molecule has 0 aromatic heterocycles. The zero-order valence-electron chi connectivity index (χ0n) is 9.23. The molecule has 0 aliphatic carbocycles. The molecule has 1 aromatic rings. The molecule has 0 heterocycles. The van der Waals surface area contributed by atoms with Gasteiger partial charge in [0.25, 0.3) is 0 Å². The van der Waals surface area contributed by atoms with Crippen LogP contribution in [0.5, 0.6) is 0 Å². The molecule has 0 bridgehead atoms. The van der Waals surface area contributed by atoms with E-state index in [0.717, 1.165) is 10.5 Å². The molecule has 16 heavy (non-hydrogen) atoms. The lowest BCUT2D eigenvalue weighted by atomic mass is 10.1. The van der Waals surface area contributed by atoms with E-state index < -0.39 is 11.6 Å². The van der Waals surface area contributed by atoms with Crippen molar-refractivity contribution in [2.75, 3.05) is 11.5 Å². The van der Waals surface area contributed by atoms with Crippen molar-refractivity contribution in [3.05, 3.63) is 23.8 Å². The van der Waals surface area contributed by atoms with Gasteiger partial charge < -0.3 is 15.9 Å². The number of thioether (sulfide) groups is 1. The van der Waals surface area contributed by atoms with E-state index in [4.69, 9.17) is 10.8 Å². The van der Waals surface area contributed by atoms with E-state index in [9.17, 15) is 9.90 Å². The number of aliphatic carboxylic acids is 1. The molecule has 0 aliphatic heterocycles. The third-order valence-corrected chi connectivity index (χ3v) is 3.51. The largest absolute Gasteiger partial charge is 0.479 e. The number of aryl methyl sites for hydroxylation is 1. The summed E-state index contributed by atoms with van der Waals surface area (Å²) < 4.78 is 0. The monoisotopic (exact) mass is 241 g/mol. The Kier molecular flexibility index (Phi) is 3.83.